The summed E-state index contributed by atoms with van der Waals surface area (Å²) in [5.74, 6) is -1.84. The fraction of sp³-hybridized carbons (Fsp3) is 0.155. The van der Waals surface area contributed by atoms with E-state index < -0.39 is 11.9 Å². The van der Waals surface area contributed by atoms with Crippen molar-refractivity contribution >= 4 is 169 Å². The molecule has 19 rings (SSSR count). The number of Topliss-reactive ketones (excluding diaryl/α,β-unsaturated/α-hetero) is 1. The Bertz CT molecular complexity index is 6620. The number of fused-ring (bicyclic) bond motifs is 4. The lowest BCUT2D eigenvalue weighted by atomic mass is 10.0. The van der Waals surface area contributed by atoms with E-state index in [-0.39, 0.29) is 59.2 Å². The van der Waals surface area contributed by atoms with Crippen LogP contribution < -0.4 is 31.7 Å². The average molecular weight is 1810 g/mol. The van der Waals surface area contributed by atoms with Gasteiger partial charge in [0.15, 0.2) is 11.7 Å². The molecule has 0 bridgehead atoms. The predicted molar refractivity (Wildman–Crippen MR) is 512 cm³/mol. The number of carboxylic acid groups (broad SMARTS) is 2. The van der Waals surface area contributed by atoms with Crippen LogP contribution in [0.25, 0.3) is 88.8 Å². The van der Waals surface area contributed by atoms with E-state index >= 15 is 0 Å². The molecule has 24 nitrogen and oxygen atoms in total. The number of carbonyl (C=O) groups is 8. The van der Waals surface area contributed by atoms with Crippen molar-refractivity contribution in [2.24, 2.45) is 5.73 Å². The Balaban J connectivity index is 0.000000139. The van der Waals surface area contributed by atoms with Gasteiger partial charge in [-0.2, -0.15) is 0 Å². The van der Waals surface area contributed by atoms with Crippen LogP contribution in [0.1, 0.15) is 114 Å². The predicted octanol–water partition coefficient (Wildman–Crippen LogP) is 19.6. The summed E-state index contributed by atoms with van der Waals surface area (Å²) in [5.41, 5.74) is 30.2. The molecule has 30 heteroatoms. The molecule has 0 saturated carbocycles. The Morgan fingerprint density at radius 1 is 0.480 bits per heavy atom. The number of hydrogen-bond donors (Lipinski definition) is 10. The van der Waals surface area contributed by atoms with Crippen molar-refractivity contribution in [1.82, 2.24) is 39.7 Å². The number of nitrogens with zero attached hydrogens (tertiary/aromatic N) is 5. The molecule has 5 aliphatic heterocycles. The molecule has 8 aromatic carbocycles. The number of piperazine rings is 1. The quantitative estimate of drug-likeness (QED) is 0.0197. The van der Waals surface area contributed by atoms with Gasteiger partial charge in [-0.3, -0.25) is 28.8 Å². The number of anilines is 4. The molecule has 1 fully saturated rings. The number of likely N-dealkylation sites (N-methyl/N-ethyl adjacent to an activating group) is 1. The van der Waals surface area contributed by atoms with Gasteiger partial charge in [-0.25, -0.2) is 24.5 Å². The molecule has 0 unspecified atom stereocenters. The van der Waals surface area contributed by atoms with Crippen LogP contribution in [-0.2, 0) is 32.0 Å². The Hall–Kier alpha value is -13.8. The number of nitrogens with two attached hydrogens (primary N) is 1. The zero-order chi connectivity index (χ0) is 89.1. The minimum Gasteiger partial charge on any atom is -0.482 e. The number of ketones is 1. The number of H-pyrrole nitrogens is 3. The van der Waals surface area contributed by atoms with Gasteiger partial charge in [0.05, 0.1) is 70.7 Å². The van der Waals surface area contributed by atoms with Gasteiger partial charge in [-0.1, -0.05) is 152 Å². The molecule has 14 aromatic rings. The molecule has 1 saturated heterocycles. The highest BCUT2D eigenvalue weighted by Gasteiger charge is 2.31. The summed E-state index contributed by atoms with van der Waals surface area (Å²) >= 11 is 15.0. The van der Waals surface area contributed by atoms with Gasteiger partial charge >= 0.3 is 11.9 Å². The number of rotatable bonds is 15. The number of aromatic carboxylic acids is 2. The topological polar surface area (TPSA) is 353 Å². The molecular weight excluding hydrogens is 1720 g/mol. The Kier molecular flexibility index (Phi) is 28.9. The molecule has 0 spiro atoms. The fourth-order valence-electron chi connectivity index (χ4n) is 15.0. The molecule has 11 N–H and O–H groups in total. The first kappa shape index (κ1) is 90.9. The van der Waals surface area contributed by atoms with Crippen molar-refractivity contribution in [2.75, 3.05) is 67.5 Å². The normalized spacial score (nSPS) is 13.7. The summed E-state index contributed by atoms with van der Waals surface area (Å²) in [5, 5.41) is 38.7. The summed E-state index contributed by atoms with van der Waals surface area (Å²) < 4.78 is 4.94. The first-order chi connectivity index (χ1) is 60.7. The second-order valence-electron chi connectivity index (χ2n) is 30.1. The number of aromatic amines is 3. The molecule has 5 aliphatic rings. The number of nitrogens with one attached hydrogen (secondary N) is 7. The number of hydrogen-bond acceptors (Lipinski definition) is 17. The lowest BCUT2D eigenvalue weighted by molar-refractivity contribution is -0.115. The SMILES string of the molecule is COc1[nH]c(C)c(C(=O)O)c1C.Cc1[nH]c(/C=C2\C(=O)Nc3ccc(-c4csc(-c5ccccc5)n4)cc32)c(C)c1C(=O)N1CCN(C)CC1.Cc1[nH]c(/C=C2\C(=O)Nc3ccc(-c4csc(-c5ccccc5)n4)cc32)c(C)c1C(=O)O.Cl.NC(=S)c1ccccc1.O=C1Cc2cc(-c3csc(-c4ccccc4)n3)ccc2N1.O=C1Cc2cc(C(=O)CCl)ccc2N1. The summed E-state index contributed by atoms with van der Waals surface area (Å²) in [4.78, 5) is 123. The number of amides is 5. The molecule has 0 radical (unpaired) electrons. The van der Waals surface area contributed by atoms with Crippen LogP contribution in [0.3, 0.4) is 0 Å². The second kappa shape index (κ2) is 40.4. The molecule has 6 aromatic heterocycles. The van der Waals surface area contributed by atoms with E-state index in [1.54, 1.807) is 86.0 Å². The van der Waals surface area contributed by atoms with Gasteiger partial charge in [-0.05, 0) is 138 Å². The number of ether oxygens (including phenoxy) is 1. The number of thiocarbonyl (C=S) groups is 1. The van der Waals surface area contributed by atoms with E-state index in [0.717, 1.165) is 159 Å². The first-order valence-electron chi connectivity index (χ1n) is 39.9. The Labute approximate surface area is 760 Å². The minimum atomic E-state index is -0.989. The van der Waals surface area contributed by atoms with Gasteiger partial charge < -0.3 is 66.7 Å². The molecule has 644 valence electrons. The van der Waals surface area contributed by atoms with Gasteiger partial charge in [0.1, 0.15) is 20.0 Å². The Morgan fingerprint density at radius 2 is 0.866 bits per heavy atom. The third kappa shape index (κ3) is 20.9. The molecule has 0 aliphatic carbocycles. The van der Waals surface area contributed by atoms with Crippen molar-refractivity contribution in [2.45, 2.75) is 54.4 Å². The molecular formula is C97H87Cl2N13O11S4. The number of thiazole rings is 3. The number of aryl methyl sites for hydroxylation is 3. The van der Waals surface area contributed by atoms with Crippen molar-refractivity contribution in [3.05, 3.63) is 305 Å². The summed E-state index contributed by atoms with van der Waals surface area (Å²) in [6.45, 7) is 13.9. The highest BCUT2D eigenvalue weighted by molar-refractivity contribution is 7.80. The summed E-state index contributed by atoms with van der Waals surface area (Å²) in [7, 11) is 3.58. The van der Waals surface area contributed by atoms with Crippen molar-refractivity contribution < 1.29 is 53.3 Å². The van der Waals surface area contributed by atoms with Gasteiger partial charge in [-0.15, -0.1) is 58.0 Å². The maximum absolute atomic E-state index is 13.3. The summed E-state index contributed by atoms with van der Waals surface area (Å²) in [6, 6.07) is 62.7. The molecule has 0 atom stereocenters. The zero-order valence-electron chi connectivity index (χ0n) is 70.1. The van der Waals surface area contributed by atoms with Gasteiger partial charge in [0.2, 0.25) is 11.8 Å². The zero-order valence-corrected chi connectivity index (χ0v) is 75.0. The Morgan fingerprint density at radius 3 is 1.26 bits per heavy atom. The smallest absolute Gasteiger partial charge is 0.337 e. The fourth-order valence-corrected chi connectivity index (χ4v) is 17.8. The van der Waals surface area contributed by atoms with Crippen LogP contribution in [0.15, 0.2) is 210 Å². The van der Waals surface area contributed by atoms with Crippen LogP contribution in [0.5, 0.6) is 5.88 Å². The monoisotopic (exact) mass is 1810 g/mol. The number of halogens is 2. The molecule has 11 heterocycles. The minimum absolute atomic E-state index is 0. The lowest BCUT2D eigenvalue weighted by Gasteiger charge is -2.32. The second-order valence-corrected chi connectivity index (χ2v) is 33.3. The summed E-state index contributed by atoms with van der Waals surface area (Å²) in [6.07, 6.45) is 4.39. The van der Waals surface area contributed by atoms with E-state index in [0.29, 0.717) is 79.8 Å². The van der Waals surface area contributed by atoms with Gasteiger partial charge in [0, 0.05) is 155 Å². The van der Waals surface area contributed by atoms with Crippen LogP contribution in [0.2, 0.25) is 0 Å². The number of benzene rings is 8. The van der Waals surface area contributed by atoms with Gasteiger partial charge in [0.25, 0.3) is 17.7 Å². The third-order valence-corrected chi connectivity index (χ3v) is 24.7. The van der Waals surface area contributed by atoms with E-state index in [4.69, 9.17) is 54.3 Å². The van der Waals surface area contributed by atoms with E-state index in [1.165, 1.54) is 7.11 Å². The van der Waals surface area contributed by atoms with E-state index in [2.05, 4.69) is 83.9 Å². The van der Waals surface area contributed by atoms with Crippen molar-refractivity contribution in [1.29, 1.82) is 0 Å². The van der Waals surface area contributed by atoms with Crippen LogP contribution in [-0.4, -0.2) is 148 Å². The lowest BCUT2D eigenvalue weighted by Crippen LogP contribution is -2.47. The van der Waals surface area contributed by atoms with Crippen LogP contribution in [0, 0.1) is 41.5 Å². The van der Waals surface area contributed by atoms with E-state index in [1.807, 2.05) is 181 Å². The van der Waals surface area contributed by atoms with Crippen molar-refractivity contribution in [3.8, 4) is 71.4 Å². The van der Waals surface area contributed by atoms with E-state index in [9.17, 15) is 43.5 Å². The number of alkyl halides is 1. The molecule has 5 amide bonds. The first-order valence-corrected chi connectivity index (χ1v) is 43.5. The van der Waals surface area contributed by atoms with Crippen molar-refractivity contribution in [3.63, 3.8) is 0 Å². The average Bonchev–Trinajstić information content (AvgIpc) is 1.63. The number of methoxy groups -OCH3 is 1. The maximum Gasteiger partial charge on any atom is 0.337 e. The number of carbonyl (C=O) groups excluding carboxylic acids is 6. The highest BCUT2D eigenvalue weighted by atomic mass is 35.5. The molecule has 127 heavy (non-hydrogen) atoms. The third-order valence-electron chi connectivity index (χ3n) is 21.6. The largest absolute Gasteiger partial charge is 0.482 e. The number of aromatic nitrogens is 6. The maximum atomic E-state index is 13.3. The van der Waals surface area contributed by atoms with Crippen LogP contribution >= 0.6 is 70.2 Å². The van der Waals surface area contributed by atoms with Crippen LogP contribution in [0.4, 0.5) is 22.7 Å². The highest BCUT2D eigenvalue weighted by Crippen LogP contribution is 2.42. The number of carboxylic acids is 2. The standard InChI is InChI=1S/C30H29N5O2S.C25H19N3O3S.C17H12N2OS.C10H8ClNO2.C8H11NO3.C7H7NS.ClH/c1-18-25(31-19(2)27(18)30(37)35-13-11-34(3)12-14-35)16-23-22-15-21(9-10-24(22)32-28(23)36)26-17-38-29(33-26)20-7-5-4-6-8-20;1-13-20(26-14(2)22(13)25(30)31)11-18-17-10-16(8-9-19(17)27-23(18)29)21-12-32-24(28-21)15-6-4-3-5-7-15;20-16-9-13-8-12(6-7-14(13)18-16)15-10-21-17(19-15)11-4-2-1-3-5-11;11-5-9(13)6-1-2-8-7(3-6)4-10(14)12-8;1-4-6(8(10)11)5(2)9-7(4)12-3;8-7(9)6-4-2-1-3-5-6;/h4-10,15-17,31H,11-14H2,1-3H3,(H,32,36);3-12,26H,1-2H3,(H,27,29)(H,30,31);1-8,10H,9H2,(H,18,20);1-3H,4-5H2,(H,12,14);9H,1-3H3,(H,10,11);1-5H,(H2,8,9);1H/b23-16-;18-11-;;;;;.